The van der Waals surface area contributed by atoms with Crippen LogP contribution in [-0.2, 0) is 4.79 Å². The molecule has 0 bridgehead atoms. The molecule has 0 rings (SSSR count). The Bertz CT molecular complexity index is 213. The fraction of sp³-hybridized carbons (Fsp3) is 0.125. The van der Waals surface area contributed by atoms with Crippen LogP contribution >= 0.6 is 0 Å². The van der Waals surface area contributed by atoms with Crippen molar-refractivity contribution < 1.29 is 15.0 Å². The maximum atomic E-state index is 10.1. The average Bonchev–Trinajstić information content (AvgIpc) is 2.05. The van der Waals surface area contributed by atoms with E-state index in [4.69, 9.17) is 10.2 Å². The first-order valence-corrected chi connectivity index (χ1v) is 2.97. The number of aliphatic hydroxyl groups excluding tert-OH is 2. The number of carbonyl (C=O) groups is 1. The van der Waals surface area contributed by atoms with Crippen LogP contribution in [0, 0.1) is 0 Å². The number of rotatable bonds is 4. The lowest BCUT2D eigenvalue weighted by molar-refractivity contribution is -0.104. The van der Waals surface area contributed by atoms with Crippen molar-refractivity contribution in [3.8, 4) is 0 Å². The highest BCUT2D eigenvalue weighted by atomic mass is 16.3. The van der Waals surface area contributed by atoms with E-state index >= 15 is 0 Å². The van der Waals surface area contributed by atoms with E-state index in [1.165, 1.54) is 0 Å². The van der Waals surface area contributed by atoms with Crippen LogP contribution in [0.2, 0.25) is 0 Å². The zero-order valence-corrected chi connectivity index (χ0v) is 6.08. The number of hydrogen-bond donors (Lipinski definition) is 2. The largest absolute Gasteiger partial charge is 0.508 e. The molecule has 0 saturated heterocycles. The second-order valence-electron chi connectivity index (χ2n) is 1.87. The predicted molar refractivity (Wildman–Crippen MR) is 42.1 cm³/mol. The molecular formula is C8H10O3. The van der Waals surface area contributed by atoms with E-state index in [9.17, 15) is 4.79 Å². The molecule has 0 aromatic rings. The zero-order chi connectivity index (χ0) is 8.85. The summed E-state index contributed by atoms with van der Waals surface area (Å²) in [6, 6.07) is 0. The van der Waals surface area contributed by atoms with Crippen molar-refractivity contribution in [3.05, 3.63) is 36.1 Å². The third kappa shape index (κ3) is 2.39. The Hall–Kier alpha value is -1.35. The van der Waals surface area contributed by atoms with Gasteiger partial charge in [-0.2, -0.15) is 0 Å². The molecule has 2 N–H and O–H groups in total. The van der Waals surface area contributed by atoms with Crippen molar-refractivity contribution in [2.24, 2.45) is 0 Å². The number of hydrogen-bond acceptors (Lipinski definition) is 3. The topological polar surface area (TPSA) is 57.5 Å². The summed E-state index contributed by atoms with van der Waals surface area (Å²) in [5, 5.41) is 17.6. The van der Waals surface area contributed by atoms with Crippen molar-refractivity contribution in [2.75, 3.05) is 6.61 Å². The van der Waals surface area contributed by atoms with Gasteiger partial charge in [0.1, 0.15) is 12.0 Å². The van der Waals surface area contributed by atoms with E-state index in [0.717, 1.165) is 6.08 Å². The summed E-state index contributed by atoms with van der Waals surface area (Å²) in [5.74, 6) is -0.218. The van der Waals surface area contributed by atoms with Crippen LogP contribution in [0.3, 0.4) is 0 Å². The van der Waals surface area contributed by atoms with Crippen LogP contribution in [0.4, 0.5) is 0 Å². The molecule has 11 heavy (non-hydrogen) atoms. The Kier molecular flexibility index (Phi) is 3.92. The Morgan fingerprint density at radius 2 is 2.09 bits per heavy atom. The van der Waals surface area contributed by atoms with Gasteiger partial charge >= 0.3 is 0 Å². The SMILES string of the molecule is C=C/C(O)=C(\CO)C(=C)C=O. The molecule has 0 aromatic heterocycles. The van der Waals surface area contributed by atoms with E-state index in [0.29, 0.717) is 6.29 Å². The fourth-order valence-electron chi connectivity index (χ4n) is 0.541. The molecule has 0 aromatic carbocycles. The molecular weight excluding hydrogens is 144 g/mol. The summed E-state index contributed by atoms with van der Waals surface area (Å²) in [7, 11) is 0. The van der Waals surface area contributed by atoms with Crippen molar-refractivity contribution in [1.82, 2.24) is 0 Å². The van der Waals surface area contributed by atoms with Crippen LogP contribution < -0.4 is 0 Å². The second kappa shape index (κ2) is 4.46. The van der Waals surface area contributed by atoms with Crippen LogP contribution in [0.5, 0.6) is 0 Å². The Balaban J connectivity index is 4.78. The normalized spacial score (nSPS) is 11.7. The summed E-state index contributed by atoms with van der Waals surface area (Å²) in [6.45, 7) is 6.17. The van der Waals surface area contributed by atoms with Gasteiger partial charge in [0.05, 0.1) is 6.61 Å². The first-order chi connectivity index (χ1) is 5.17. The van der Waals surface area contributed by atoms with E-state index in [1.807, 2.05) is 0 Å². The van der Waals surface area contributed by atoms with E-state index < -0.39 is 6.61 Å². The van der Waals surface area contributed by atoms with Gasteiger partial charge in [0, 0.05) is 11.1 Å². The molecule has 0 unspecified atom stereocenters. The third-order valence-corrected chi connectivity index (χ3v) is 1.19. The van der Waals surface area contributed by atoms with Gasteiger partial charge in [0.2, 0.25) is 0 Å². The molecule has 0 heterocycles. The van der Waals surface area contributed by atoms with Gasteiger partial charge in [-0.3, -0.25) is 4.79 Å². The summed E-state index contributed by atoms with van der Waals surface area (Å²) < 4.78 is 0. The maximum Gasteiger partial charge on any atom is 0.149 e. The van der Waals surface area contributed by atoms with E-state index in [1.54, 1.807) is 0 Å². The van der Waals surface area contributed by atoms with Gasteiger partial charge < -0.3 is 10.2 Å². The molecule has 3 heteroatoms. The number of aliphatic hydroxyl groups is 2. The van der Waals surface area contributed by atoms with Crippen LogP contribution in [-0.4, -0.2) is 23.1 Å². The minimum absolute atomic E-state index is 0.0601. The molecule has 0 spiro atoms. The van der Waals surface area contributed by atoms with Crippen LogP contribution in [0.1, 0.15) is 0 Å². The first kappa shape index (κ1) is 9.65. The summed E-state index contributed by atoms with van der Waals surface area (Å²) in [6.07, 6.45) is 1.60. The smallest absolute Gasteiger partial charge is 0.149 e. The molecule has 0 amide bonds. The van der Waals surface area contributed by atoms with Gasteiger partial charge in [-0.15, -0.1) is 0 Å². The highest BCUT2D eigenvalue weighted by Gasteiger charge is 2.04. The number of carbonyl (C=O) groups excluding carboxylic acids is 1. The molecule has 60 valence electrons. The quantitative estimate of drug-likeness (QED) is 0.271. The lowest BCUT2D eigenvalue weighted by Crippen LogP contribution is -1.99. The molecule has 0 saturated carbocycles. The van der Waals surface area contributed by atoms with E-state index in [-0.39, 0.29) is 16.9 Å². The zero-order valence-electron chi connectivity index (χ0n) is 6.08. The predicted octanol–water partition coefficient (Wildman–Crippen LogP) is 0.732. The molecule has 0 atom stereocenters. The van der Waals surface area contributed by atoms with Gasteiger partial charge in [-0.1, -0.05) is 13.2 Å². The molecule has 0 fully saturated rings. The van der Waals surface area contributed by atoms with Crippen LogP contribution in [0.25, 0.3) is 0 Å². The monoisotopic (exact) mass is 154 g/mol. The average molecular weight is 154 g/mol. The standard InChI is InChI=1S/C8H10O3/c1-3-8(11)7(5-10)6(2)4-9/h3-4,10-11H,1-2,5H2/b8-7-. The van der Waals surface area contributed by atoms with Crippen LogP contribution in [0.15, 0.2) is 36.1 Å². The summed E-state index contributed by atoms with van der Waals surface area (Å²) in [5.41, 5.74) is 0.167. The summed E-state index contributed by atoms with van der Waals surface area (Å²) >= 11 is 0. The Labute approximate surface area is 65.0 Å². The lowest BCUT2D eigenvalue weighted by Gasteiger charge is -2.01. The molecule has 3 nitrogen and oxygen atoms in total. The van der Waals surface area contributed by atoms with Crippen molar-refractivity contribution in [3.63, 3.8) is 0 Å². The van der Waals surface area contributed by atoms with Crippen molar-refractivity contribution >= 4 is 6.29 Å². The molecule has 0 radical (unpaired) electrons. The van der Waals surface area contributed by atoms with Crippen molar-refractivity contribution in [2.45, 2.75) is 0 Å². The minimum Gasteiger partial charge on any atom is -0.508 e. The first-order valence-electron chi connectivity index (χ1n) is 2.97. The number of allylic oxidation sites excluding steroid dienone is 1. The minimum atomic E-state index is -0.421. The highest BCUT2D eigenvalue weighted by molar-refractivity contribution is 5.79. The fourth-order valence-corrected chi connectivity index (χ4v) is 0.541. The molecule has 0 aliphatic rings. The van der Waals surface area contributed by atoms with Gasteiger partial charge in [0.15, 0.2) is 0 Å². The Morgan fingerprint density at radius 1 is 1.55 bits per heavy atom. The summed E-state index contributed by atoms with van der Waals surface area (Å²) in [4.78, 5) is 10.1. The van der Waals surface area contributed by atoms with Gasteiger partial charge in [0.25, 0.3) is 0 Å². The third-order valence-electron chi connectivity index (χ3n) is 1.19. The Morgan fingerprint density at radius 3 is 2.36 bits per heavy atom. The van der Waals surface area contributed by atoms with Crippen molar-refractivity contribution in [1.29, 1.82) is 0 Å². The van der Waals surface area contributed by atoms with E-state index in [2.05, 4.69) is 13.2 Å². The number of aldehydes is 1. The molecule has 0 aliphatic carbocycles. The lowest BCUT2D eigenvalue weighted by atomic mass is 10.1. The van der Waals surface area contributed by atoms with Gasteiger partial charge in [-0.25, -0.2) is 0 Å². The maximum absolute atomic E-state index is 10.1. The van der Waals surface area contributed by atoms with Gasteiger partial charge in [-0.05, 0) is 6.08 Å². The highest BCUT2D eigenvalue weighted by Crippen LogP contribution is 2.09. The molecule has 0 aliphatic heterocycles. The second-order valence-corrected chi connectivity index (χ2v) is 1.87.